The van der Waals surface area contributed by atoms with Crippen molar-refractivity contribution >= 4 is 12.0 Å². The minimum atomic E-state index is -0.529. The Balaban J connectivity index is 1.93. The monoisotopic (exact) mass is 337 g/mol. The number of aryl methyl sites for hydroxylation is 2. The molecule has 0 radical (unpaired) electrons. The summed E-state index contributed by atoms with van der Waals surface area (Å²) in [5.74, 6) is 0.526. The molecule has 2 heterocycles. The number of nitrogens with one attached hydrogen (secondary N) is 1. The molecule has 0 saturated carbocycles. The Hall–Kier alpha value is -2.05. The second-order valence-corrected chi connectivity index (χ2v) is 7.62. The van der Waals surface area contributed by atoms with E-state index in [1.165, 1.54) is 0 Å². The van der Waals surface area contributed by atoms with E-state index in [0.717, 1.165) is 6.42 Å². The summed E-state index contributed by atoms with van der Waals surface area (Å²) < 4.78 is 10.9. The van der Waals surface area contributed by atoms with Gasteiger partial charge >= 0.3 is 6.09 Å². The van der Waals surface area contributed by atoms with E-state index in [0.29, 0.717) is 31.1 Å². The van der Waals surface area contributed by atoms with Gasteiger partial charge < -0.3 is 19.4 Å². The van der Waals surface area contributed by atoms with Gasteiger partial charge in [0.1, 0.15) is 5.60 Å². The number of carbonyl (C=O) groups is 2. The molecule has 0 aromatic carbocycles. The van der Waals surface area contributed by atoms with Crippen molar-refractivity contribution in [1.29, 1.82) is 0 Å². The normalized spacial score (nSPS) is 16.5. The molecule has 1 fully saturated rings. The number of carbonyl (C=O) groups excluding carboxylic acids is 2. The van der Waals surface area contributed by atoms with Crippen LogP contribution in [-0.4, -0.2) is 46.1 Å². The molecule has 2 rings (SSSR count). The van der Waals surface area contributed by atoms with Crippen LogP contribution < -0.4 is 5.32 Å². The van der Waals surface area contributed by atoms with Gasteiger partial charge in [0.2, 0.25) is 5.76 Å². The largest absolute Gasteiger partial charge is 0.444 e. The molecule has 0 spiro atoms. The zero-order valence-electron chi connectivity index (χ0n) is 15.4. The molecule has 2 amide bonds. The second-order valence-electron chi connectivity index (χ2n) is 7.62. The van der Waals surface area contributed by atoms with Gasteiger partial charge in [-0.3, -0.25) is 4.79 Å². The average Bonchev–Trinajstić information content (AvgIpc) is 2.75. The van der Waals surface area contributed by atoms with Crippen LogP contribution in [0.25, 0.3) is 0 Å². The Morgan fingerprint density at radius 1 is 1.38 bits per heavy atom. The molecule has 1 aliphatic heterocycles. The summed E-state index contributed by atoms with van der Waals surface area (Å²) in [5, 5.41) is 2.93. The van der Waals surface area contributed by atoms with E-state index in [1.54, 1.807) is 11.8 Å². The van der Waals surface area contributed by atoms with E-state index >= 15 is 0 Å². The van der Waals surface area contributed by atoms with Crippen LogP contribution >= 0.6 is 0 Å². The minimum absolute atomic E-state index is 0.246. The van der Waals surface area contributed by atoms with E-state index in [-0.39, 0.29) is 17.8 Å². The number of nitrogens with zero attached hydrogens (tertiary/aromatic N) is 2. The molecular weight excluding hydrogens is 310 g/mol. The third-order valence-electron chi connectivity index (χ3n) is 3.66. The van der Waals surface area contributed by atoms with Gasteiger partial charge in [-0.25, -0.2) is 9.78 Å². The third-order valence-corrected chi connectivity index (χ3v) is 3.66. The standard InChI is InChI=1S/C17H27N3O4/c1-7-8-12-18-11(2)13(23-12)14(21)19-17(6)9-20(10-17)15(22)24-16(3,4)5/h7-10H2,1-6H3,(H,19,21). The summed E-state index contributed by atoms with van der Waals surface area (Å²) >= 11 is 0. The summed E-state index contributed by atoms with van der Waals surface area (Å²) in [6.07, 6.45) is 1.25. The summed E-state index contributed by atoms with van der Waals surface area (Å²) in [7, 11) is 0. The number of hydrogen-bond acceptors (Lipinski definition) is 5. The van der Waals surface area contributed by atoms with Crippen LogP contribution in [-0.2, 0) is 11.2 Å². The highest BCUT2D eigenvalue weighted by molar-refractivity contribution is 5.93. The highest BCUT2D eigenvalue weighted by Gasteiger charge is 2.44. The van der Waals surface area contributed by atoms with Crippen molar-refractivity contribution in [2.45, 2.75) is 65.5 Å². The predicted octanol–water partition coefficient (Wildman–Crippen LogP) is 2.67. The van der Waals surface area contributed by atoms with Crippen molar-refractivity contribution in [3.63, 3.8) is 0 Å². The van der Waals surface area contributed by atoms with Crippen LogP contribution in [0.4, 0.5) is 4.79 Å². The van der Waals surface area contributed by atoms with Gasteiger partial charge in [0, 0.05) is 19.5 Å². The molecule has 1 saturated heterocycles. The lowest BCUT2D eigenvalue weighted by molar-refractivity contribution is -0.0117. The highest BCUT2D eigenvalue weighted by Crippen LogP contribution is 2.24. The van der Waals surface area contributed by atoms with Crippen molar-refractivity contribution in [2.24, 2.45) is 0 Å². The van der Waals surface area contributed by atoms with Crippen LogP contribution in [0.1, 0.15) is 63.2 Å². The molecule has 0 unspecified atom stereocenters. The quantitative estimate of drug-likeness (QED) is 0.913. The molecule has 1 aliphatic rings. The van der Waals surface area contributed by atoms with Crippen molar-refractivity contribution < 1.29 is 18.7 Å². The highest BCUT2D eigenvalue weighted by atomic mass is 16.6. The van der Waals surface area contributed by atoms with Crippen molar-refractivity contribution in [3.8, 4) is 0 Å². The van der Waals surface area contributed by atoms with E-state index < -0.39 is 11.1 Å². The molecule has 0 bridgehead atoms. The lowest BCUT2D eigenvalue weighted by Crippen LogP contribution is -2.70. The van der Waals surface area contributed by atoms with Gasteiger partial charge in [0.25, 0.3) is 5.91 Å². The second kappa shape index (κ2) is 6.45. The summed E-state index contributed by atoms with van der Waals surface area (Å²) in [6.45, 7) is 12.0. The third kappa shape index (κ3) is 4.27. The van der Waals surface area contributed by atoms with Gasteiger partial charge in [0.15, 0.2) is 5.89 Å². The summed E-state index contributed by atoms with van der Waals surface area (Å²) in [5.41, 5.74) is -0.431. The molecule has 7 heteroatoms. The number of oxazole rings is 1. The molecule has 1 N–H and O–H groups in total. The maximum atomic E-state index is 12.4. The zero-order valence-corrected chi connectivity index (χ0v) is 15.4. The fourth-order valence-electron chi connectivity index (χ4n) is 2.65. The fourth-order valence-corrected chi connectivity index (χ4v) is 2.65. The number of likely N-dealkylation sites (tertiary alicyclic amines) is 1. The predicted molar refractivity (Wildman–Crippen MR) is 88.9 cm³/mol. The van der Waals surface area contributed by atoms with Crippen LogP contribution in [0.2, 0.25) is 0 Å². The molecule has 1 aromatic rings. The molecule has 0 aliphatic carbocycles. The van der Waals surface area contributed by atoms with E-state index in [9.17, 15) is 9.59 Å². The van der Waals surface area contributed by atoms with Gasteiger partial charge in [-0.1, -0.05) is 6.92 Å². The van der Waals surface area contributed by atoms with E-state index in [4.69, 9.17) is 9.15 Å². The lowest BCUT2D eigenvalue weighted by Gasteiger charge is -2.47. The maximum Gasteiger partial charge on any atom is 0.410 e. The first kappa shape index (κ1) is 18.3. The van der Waals surface area contributed by atoms with Gasteiger partial charge in [0.05, 0.1) is 11.2 Å². The molecule has 1 aromatic heterocycles. The number of hydrogen-bond donors (Lipinski definition) is 1. The van der Waals surface area contributed by atoms with Gasteiger partial charge in [-0.2, -0.15) is 0 Å². The van der Waals surface area contributed by atoms with Gasteiger partial charge in [-0.05, 0) is 41.0 Å². The Labute approximate surface area is 142 Å². The summed E-state index contributed by atoms with van der Waals surface area (Å²) in [6, 6.07) is 0. The van der Waals surface area contributed by atoms with Crippen LogP contribution in [0.5, 0.6) is 0 Å². The van der Waals surface area contributed by atoms with Crippen molar-refractivity contribution in [1.82, 2.24) is 15.2 Å². The van der Waals surface area contributed by atoms with Gasteiger partial charge in [-0.15, -0.1) is 0 Å². The van der Waals surface area contributed by atoms with Crippen molar-refractivity contribution in [3.05, 3.63) is 17.3 Å². The van der Waals surface area contributed by atoms with Crippen LogP contribution in [0.3, 0.4) is 0 Å². The number of amides is 2. The maximum absolute atomic E-state index is 12.4. The smallest absolute Gasteiger partial charge is 0.410 e. The summed E-state index contributed by atoms with van der Waals surface area (Å²) in [4.78, 5) is 30.2. The van der Waals surface area contributed by atoms with Crippen LogP contribution in [0, 0.1) is 6.92 Å². The van der Waals surface area contributed by atoms with Crippen LogP contribution in [0.15, 0.2) is 4.42 Å². The molecular formula is C17H27N3O4. The molecule has 0 atom stereocenters. The topological polar surface area (TPSA) is 84.7 Å². The fraction of sp³-hybridized carbons (Fsp3) is 0.706. The lowest BCUT2D eigenvalue weighted by atomic mass is 9.92. The molecule has 134 valence electrons. The first-order chi connectivity index (χ1) is 11.0. The Kier molecular flexibility index (Phi) is 4.92. The number of ether oxygens (including phenoxy) is 1. The first-order valence-corrected chi connectivity index (χ1v) is 8.30. The molecule has 24 heavy (non-hydrogen) atoms. The average molecular weight is 337 g/mol. The zero-order chi connectivity index (χ0) is 18.1. The Morgan fingerprint density at radius 2 is 2.00 bits per heavy atom. The Morgan fingerprint density at radius 3 is 2.54 bits per heavy atom. The number of aromatic nitrogens is 1. The van der Waals surface area contributed by atoms with E-state index in [2.05, 4.69) is 10.3 Å². The first-order valence-electron chi connectivity index (χ1n) is 8.30. The minimum Gasteiger partial charge on any atom is -0.444 e. The molecule has 7 nitrogen and oxygen atoms in total. The SMILES string of the molecule is CCCc1nc(C)c(C(=O)NC2(C)CN(C(=O)OC(C)(C)C)C2)o1. The van der Waals surface area contributed by atoms with Crippen molar-refractivity contribution in [2.75, 3.05) is 13.1 Å². The van der Waals surface area contributed by atoms with E-state index in [1.807, 2.05) is 34.6 Å². The number of rotatable bonds is 4. The Bertz CT molecular complexity index is 624.